The molecule has 0 spiro atoms. The number of hydrogen-bond donors (Lipinski definition) is 1. The number of benzene rings is 1. The lowest BCUT2D eigenvalue weighted by Crippen LogP contribution is -2.36. The Morgan fingerprint density at radius 2 is 1.81 bits per heavy atom. The van der Waals surface area contributed by atoms with Crippen molar-refractivity contribution in [2.75, 3.05) is 6.54 Å². The van der Waals surface area contributed by atoms with Crippen LogP contribution in [0.2, 0.25) is 0 Å². The molecule has 1 N–H and O–H groups in total. The lowest BCUT2D eigenvalue weighted by atomic mass is 9.82. The van der Waals surface area contributed by atoms with E-state index in [1.165, 1.54) is 27.8 Å². The van der Waals surface area contributed by atoms with Gasteiger partial charge < -0.3 is 5.11 Å². The third-order valence-electron chi connectivity index (χ3n) is 5.02. The summed E-state index contributed by atoms with van der Waals surface area (Å²) in [6.07, 6.45) is 2.53. The maximum atomic E-state index is 13.2. The first-order valence-electron chi connectivity index (χ1n) is 8.87. The molecule has 5 nitrogen and oxygen atoms in total. The number of halogens is 1. The summed E-state index contributed by atoms with van der Waals surface area (Å²) in [5.74, 6) is -1.35. The van der Waals surface area contributed by atoms with Gasteiger partial charge in [-0.25, -0.2) is 12.8 Å². The van der Waals surface area contributed by atoms with E-state index in [2.05, 4.69) is 0 Å². The van der Waals surface area contributed by atoms with E-state index in [-0.39, 0.29) is 28.4 Å². The lowest BCUT2D eigenvalue weighted by molar-refractivity contribution is -0.143. The van der Waals surface area contributed by atoms with Crippen molar-refractivity contribution in [3.63, 3.8) is 0 Å². The second kappa shape index (κ2) is 8.50. The Morgan fingerprint density at radius 1 is 1.15 bits per heavy atom. The second-order valence-corrected chi connectivity index (χ2v) is 10.0. The highest BCUT2D eigenvalue weighted by atomic mass is 32.2. The highest BCUT2D eigenvalue weighted by Crippen LogP contribution is 2.32. The van der Waals surface area contributed by atoms with E-state index >= 15 is 0 Å². The van der Waals surface area contributed by atoms with Crippen LogP contribution in [0, 0.1) is 17.7 Å². The Bertz CT molecular complexity index is 858. The number of carbonyl (C=O) groups is 1. The van der Waals surface area contributed by atoms with Crippen molar-refractivity contribution in [1.82, 2.24) is 4.31 Å². The normalized spacial score (nSPS) is 20.7. The number of thiophene rings is 1. The number of carboxylic acids is 1. The minimum Gasteiger partial charge on any atom is -0.481 e. The first kappa shape index (κ1) is 20.0. The summed E-state index contributed by atoms with van der Waals surface area (Å²) in [6.45, 7) is 0.503. The van der Waals surface area contributed by atoms with Gasteiger partial charge in [0.25, 0.3) is 10.0 Å². The van der Waals surface area contributed by atoms with E-state index in [0.717, 1.165) is 5.56 Å². The summed E-state index contributed by atoms with van der Waals surface area (Å²) in [5.41, 5.74) is 0.718. The Kier molecular flexibility index (Phi) is 6.29. The summed E-state index contributed by atoms with van der Waals surface area (Å²) in [4.78, 5) is 11.1. The molecule has 0 amide bonds. The van der Waals surface area contributed by atoms with Crippen molar-refractivity contribution in [2.45, 2.75) is 36.4 Å². The molecule has 27 heavy (non-hydrogen) atoms. The van der Waals surface area contributed by atoms with Crippen LogP contribution in [0.4, 0.5) is 4.39 Å². The molecule has 1 fully saturated rings. The van der Waals surface area contributed by atoms with Gasteiger partial charge in [0.05, 0.1) is 5.92 Å². The highest BCUT2D eigenvalue weighted by Gasteiger charge is 2.32. The summed E-state index contributed by atoms with van der Waals surface area (Å²) in [7, 11) is -3.65. The van der Waals surface area contributed by atoms with Crippen LogP contribution >= 0.6 is 11.3 Å². The number of nitrogens with zero attached hydrogens (tertiary/aromatic N) is 1. The summed E-state index contributed by atoms with van der Waals surface area (Å²) >= 11 is 1.17. The molecule has 1 saturated carbocycles. The monoisotopic (exact) mass is 411 g/mol. The maximum absolute atomic E-state index is 13.2. The Balaban J connectivity index is 1.78. The van der Waals surface area contributed by atoms with Crippen LogP contribution in [0.5, 0.6) is 0 Å². The van der Waals surface area contributed by atoms with Crippen LogP contribution in [0.25, 0.3) is 0 Å². The molecule has 0 unspecified atom stereocenters. The van der Waals surface area contributed by atoms with E-state index in [9.17, 15) is 17.6 Å². The molecular formula is C19H22FNO4S2. The first-order valence-corrected chi connectivity index (χ1v) is 11.2. The fourth-order valence-electron chi connectivity index (χ4n) is 3.46. The Morgan fingerprint density at radius 3 is 2.37 bits per heavy atom. The van der Waals surface area contributed by atoms with E-state index in [1.54, 1.807) is 29.6 Å². The lowest BCUT2D eigenvalue weighted by Gasteiger charge is -2.31. The number of rotatable bonds is 7. The van der Waals surface area contributed by atoms with Crippen LogP contribution in [-0.4, -0.2) is 30.3 Å². The molecule has 1 aliphatic rings. The smallest absolute Gasteiger partial charge is 0.306 e. The fourth-order valence-corrected chi connectivity index (χ4v) is 6.11. The van der Waals surface area contributed by atoms with Gasteiger partial charge in [-0.05, 0) is 60.7 Å². The minimum absolute atomic E-state index is 0.121. The van der Waals surface area contributed by atoms with Crippen LogP contribution in [0.1, 0.15) is 31.2 Å². The fraction of sp³-hybridized carbons (Fsp3) is 0.421. The van der Waals surface area contributed by atoms with Gasteiger partial charge in [-0.15, -0.1) is 11.3 Å². The zero-order valence-electron chi connectivity index (χ0n) is 14.8. The third-order valence-corrected chi connectivity index (χ3v) is 8.20. The molecule has 0 bridgehead atoms. The maximum Gasteiger partial charge on any atom is 0.306 e. The minimum atomic E-state index is -3.65. The van der Waals surface area contributed by atoms with Crippen molar-refractivity contribution >= 4 is 27.3 Å². The van der Waals surface area contributed by atoms with Crippen molar-refractivity contribution < 1.29 is 22.7 Å². The number of sulfonamides is 1. The molecule has 1 aromatic heterocycles. The average Bonchev–Trinajstić information content (AvgIpc) is 3.19. The molecule has 0 radical (unpaired) electrons. The van der Waals surface area contributed by atoms with Gasteiger partial charge in [0.1, 0.15) is 10.0 Å². The zero-order chi connectivity index (χ0) is 19.4. The second-order valence-electron chi connectivity index (χ2n) is 6.91. The summed E-state index contributed by atoms with van der Waals surface area (Å²) in [5, 5.41) is 10.9. The van der Waals surface area contributed by atoms with Gasteiger partial charge in [-0.1, -0.05) is 18.2 Å². The Labute approximate surface area is 162 Å². The number of carboxylic acid groups (broad SMARTS) is 1. The van der Waals surface area contributed by atoms with Crippen molar-refractivity contribution in [3.8, 4) is 0 Å². The molecule has 0 atom stereocenters. The summed E-state index contributed by atoms with van der Waals surface area (Å²) in [6, 6.07) is 9.11. The SMILES string of the molecule is O=C(O)C1CCC(CN(Cc2ccc(F)cc2)S(=O)(=O)c2cccs2)CC1. The Hall–Kier alpha value is -1.77. The van der Waals surface area contributed by atoms with Gasteiger partial charge in [-0.3, -0.25) is 4.79 Å². The highest BCUT2D eigenvalue weighted by molar-refractivity contribution is 7.91. The van der Waals surface area contributed by atoms with Gasteiger partial charge in [-0.2, -0.15) is 4.31 Å². The van der Waals surface area contributed by atoms with Gasteiger partial charge in [0.2, 0.25) is 0 Å². The molecule has 1 aliphatic carbocycles. The van der Waals surface area contributed by atoms with Crippen molar-refractivity contribution in [3.05, 3.63) is 53.2 Å². The van der Waals surface area contributed by atoms with Gasteiger partial charge in [0.15, 0.2) is 0 Å². The van der Waals surface area contributed by atoms with Crippen LogP contribution in [-0.2, 0) is 21.4 Å². The van der Waals surface area contributed by atoms with Crippen LogP contribution < -0.4 is 0 Å². The van der Waals surface area contributed by atoms with E-state index in [1.807, 2.05) is 0 Å². The molecule has 1 heterocycles. The average molecular weight is 412 g/mol. The van der Waals surface area contributed by atoms with Crippen LogP contribution in [0.15, 0.2) is 46.0 Å². The summed E-state index contributed by atoms with van der Waals surface area (Å²) < 4.78 is 41.1. The molecular weight excluding hydrogens is 389 g/mol. The molecule has 0 aliphatic heterocycles. The van der Waals surface area contributed by atoms with Crippen molar-refractivity contribution in [1.29, 1.82) is 0 Å². The van der Waals surface area contributed by atoms with Crippen molar-refractivity contribution in [2.24, 2.45) is 11.8 Å². The molecule has 0 saturated heterocycles. The number of hydrogen-bond acceptors (Lipinski definition) is 4. The quantitative estimate of drug-likeness (QED) is 0.748. The van der Waals surface area contributed by atoms with E-state index in [4.69, 9.17) is 5.11 Å². The first-order chi connectivity index (χ1) is 12.9. The molecule has 8 heteroatoms. The van der Waals surface area contributed by atoms with E-state index in [0.29, 0.717) is 32.2 Å². The predicted octanol–water partition coefficient (Wildman–Crippen LogP) is 3.97. The van der Waals surface area contributed by atoms with Gasteiger partial charge >= 0.3 is 5.97 Å². The van der Waals surface area contributed by atoms with E-state index < -0.39 is 16.0 Å². The molecule has 3 rings (SSSR count). The number of aliphatic carboxylic acids is 1. The molecule has 1 aromatic carbocycles. The molecule has 2 aromatic rings. The standard InChI is InChI=1S/C19H22FNO4S2/c20-17-9-5-15(6-10-17)13-21(27(24,25)18-2-1-11-26-18)12-14-3-7-16(8-4-14)19(22)23/h1-2,5-6,9-11,14,16H,3-4,7-8,12-13H2,(H,22,23). The van der Waals surface area contributed by atoms with Crippen LogP contribution in [0.3, 0.4) is 0 Å². The zero-order valence-corrected chi connectivity index (χ0v) is 16.4. The predicted molar refractivity (Wildman–Crippen MR) is 101 cm³/mol. The largest absolute Gasteiger partial charge is 0.481 e. The molecule has 146 valence electrons. The third kappa shape index (κ3) is 4.94. The topological polar surface area (TPSA) is 74.7 Å². The van der Waals surface area contributed by atoms with Gasteiger partial charge in [0, 0.05) is 13.1 Å².